The first-order chi connectivity index (χ1) is 12.1. The number of fused-ring (bicyclic) bond motifs is 1. The van der Waals surface area contributed by atoms with E-state index >= 15 is 0 Å². The summed E-state index contributed by atoms with van der Waals surface area (Å²) in [6.07, 6.45) is 3.12. The van der Waals surface area contributed by atoms with E-state index in [1.807, 2.05) is 19.1 Å². The number of carbonyl (C=O) groups is 2. The van der Waals surface area contributed by atoms with E-state index in [0.717, 1.165) is 43.1 Å². The summed E-state index contributed by atoms with van der Waals surface area (Å²) in [5, 5.41) is 11.4. The van der Waals surface area contributed by atoms with Gasteiger partial charge in [0.1, 0.15) is 11.6 Å². The van der Waals surface area contributed by atoms with Gasteiger partial charge in [0, 0.05) is 43.2 Å². The number of aryl methyl sites for hydroxylation is 2. The highest BCUT2D eigenvalue weighted by atomic mass is 16.2. The molecule has 0 unspecified atom stereocenters. The summed E-state index contributed by atoms with van der Waals surface area (Å²) in [5.74, 6) is 1.88. The van der Waals surface area contributed by atoms with Crippen LogP contribution in [0.2, 0.25) is 0 Å². The van der Waals surface area contributed by atoms with Crippen molar-refractivity contribution in [3.8, 4) is 0 Å². The van der Waals surface area contributed by atoms with Crippen molar-refractivity contribution < 1.29 is 9.59 Å². The number of carbonyl (C=O) groups excluding carboxylic acids is 2. The van der Waals surface area contributed by atoms with Crippen LogP contribution in [0.4, 0.5) is 5.69 Å². The van der Waals surface area contributed by atoms with Gasteiger partial charge in [-0.05, 0) is 38.0 Å². The number of benzene rings is 1. The van der Waals surface area contributed by atoms with Crippen molar-refractivity contribution in [1.82, 2.24) is 20.1 Å². The van der Waals surface area contributed by atoms with E-state index in [-0.39, 0.29) is 17.9 Å². The SMILES string of the molecule is Cc1nnc2n1C[C@@H](NC(=O)c1cccc(N3CCCC3=O)c1)CC2. The van der Waals surface area contributed by atoms with Gasteiger partial charge in [-0.15, -0.1) is 10.2 Å². The lowest BCUT2D eigenvalue weighted by Gasteiger charge is -2.25. The molecule has 1 N–H and O–H groups in total. The lowest BCUT2D eigenvalue weighted by Crippen LogP contribution is -2.41. The molecule has 25 heavy (non-hydrogen) atoms. The zero-order valence-corrected chi connectivity index (χ0v) is 14.2. The molecular weight excluding hydrogens is 318 g/mol. The third-order valence-corrected chi connectivity index (χ3v) is 4.96. The summed E-state index contributed by atoms with van der Waals surface area (Å²) in [4.78, 5) is 26.3. The zero-order valence-electron chi connectivity index (χ0n) is 14.2. The van der Waals surface area contributed by atoms with Crippen LogP contribution < -0.4 is 10.2 Å². The molecular formula is C18H21N5O2. The van der Waals surface area contributed by atoms with Crippen molar-refractivity contribution in [2.75, 3.05) is 11.4 Å². The van der Waals surface area contributed by atoms with Gasteiger partial charge in [-0.2, -0.15) is 0 Å². The molecule has 3 heterocycles. The molecule has 2 amide bonds. The summed E-state index contributed by atoms with van der Waals surface area (Å²) in [7, 11) is 0. The van der Waals surface area contributed by atoms with Gasteiger partial charge >= 0.3 is 0 Å². The van der Waals surface area contributed by atoms with Gasteiger partial charge in [0.2, 0.25) is 5.91 Å². The lowest BCUT2D eigenvalue weighted by molar-refractivity contribution is -0.117. The number of rotatable bonds is 3. The summed E-state index contributed by atoms with van der Waals surface area (Å²) in [6, 6.07) is 7.37. The number of amides is 2. The molecule has 2 aromatic rings. The lowest BCUT2D eigenvalue weighted by atomic mass is 10.1. The quantitative estimate of drug-likeness (QED) is 0.918. The van der Waals surface area contributed by atoms with Gasteiger partial charge in [0.25, 0.3) is 5.91 Å². The van der Waals surface area contributed by atoms with Gasteiger partial charge < -0.3 is 14.8 Å². The minimum atomic E-state index is -0.104. The number of anilines is 1. The Bertz CT molecular complexity index is 829. The van der Waals surface area contributed by atoms with E-state index in [2.05, 4.69) is 20.1 Å². The monoisotopic (exact) mass is 339 g/mol. The van der Waals surface area contributed by atoms with Crippen LogP contribution in [-0.2, 0) is 17.8 Å². The molecule has 130 valence electrons. The number of nitrogens with one attached hydrogen (secondary N) is 1. The fourth-order valence-electron chi connectivity index (χ4n) is 3.58. The first-order valence-corrected chi connectivity index (χ1v) is 8.72. The Hall–Kier alpha value is -2.70. The standard InChI is InChI=1S/C18H21N5O2/c1-12-20-21-16-8-7-14(11-23(12)16)19-18(25)13-4-2-5-15(10-13)22-9-3-6-17(22)24/h2,4-5,10,14H,3,6-9,11H2,1H3,(H,19,25)/t14-/m0/s1. The second-order valence-electron chi connectivity index (χ2n) is 6.68. The highest BCUT2D eigenvalue weighted by Gasteiger charge is 2.25. The van der Waals surface area contributed by atoms with Crippen LogP contribution in [0.25, 0.3) is 0 Å². The summed E-state index contributed by atoms with van der Waals surface area (Å²) in [5.41, 5.74) is 1.39. The van der Waals surface area contributed by atoms with Crippen LogP contribution >= 0.6 is 0 Å². The highest BCUT2D eigenvalue weighted by molar-refractivity contribution is 5.99. The van der Waals surface area contributed by atoms with E-state index in [1.165, 1.54) is 0 Å². The summed E-state index contributed by atoms with van der Waals surface area (Å²) >= 11 is 0. The second-order valence-corrected chi connectivity index (χ2v) is 6.68. The van der Waals surface area contributed by atoms with E-state index in [9.17, 15) is 9.59 Å². The second kappa shape index (κ2) is 6.31. The van der Waals surface area contributed by atoms with Crippen LogP contribution in [0.15, 0.2) is 24.3 Å². The van der Waals surface area contributed by atoms with Gasteiger partial charge in [-0.3, -0.25) is 9.59 Å². The molecule has 1 aromatic carbocycles. The number of nitrogens with zero attached hydrogens (tertiary/aromatic N) is 4. The number of hydrogen-bond donors (Lipinski definition) is 1. The predicted molar refractivity (Wildman–Crippen MR) is 92.4 cm³/mol. The maximum atomic E-state index is 12.6. The Morgan fingerprint density at radius 3 is 2.96 bits per heavy atom. The van der Waals surface area contributed by atoms with Crippen LogP contribution in [0.3, 0.4) is 0 Å². The van der Waals surface area contributed by atoms with Crippen molar-refractivity contribution in [3.05, 3.63) is 41.5 Å². The molecule has 7 heteroatoms. The Balaban J connectivity index is 1.47. The zero-order chi connectivity index (χ0) is 17.4. The fourth-order valence-corrected chi connectivity index (χ4v) is 3.58. The molecule has 0 bridgehead atoms. The average molecular weight is 339 g/mol. The van der Waals surface area contributed by atoms with Gasteiger partial charge in [0.15, 0.2) is 0 Å². The molecule has 0 radical (unpaired) electrons. The Morgan fingerprint density at radius 1 is 1.28 bits per heavy atom. The van der Waals surface area contributed by atoms with Gasteiger partial charge in [-0.25, -0.2) is 0 Å². The smallest absolute Gasteiger partial charge is 0.251 e. The molecule has 4 rings (SSSR count). The third kappa shape index (κ3) is 3.01. The molecule has 2 aliphatic heterocycles. The average Bonchev–Trinajstić information content (AvgIpc) is 3.21. The van der Waals surface area contributed by atoms with Crippen LogP contribution in [-0.4, -0.2) is 39.2 Å². The Labute approximate surface area is 146 Å². The molecule has 0 spiro atoms. The van der Waals surface area contributed by atoms with Crippen molar-refractivity contribution in [1.29, 1.82) is 0 Å². The number of aromatic nitrogens is 3. The first-order valence-electron chi connectivity index (χ1n) is 8.72. The van der Waals surface area contributed by atoms with E-state index in [1.54, 1.807) is 17.0 Å². The van der Waals surface area contributed by atoms with Crippen LogP contribution in [0, 0.1) is 6.92 Å². The minimum absolute atomic E-state index is 0.0618. The Kier molecular flexibility index (Phi) is 3.99. The maximum Gasteiger partial charge on any atom is 0.251 e. The fraction of sp³-hybridized carbons (Fsp3) is 0.444. The van der Waals surface area contributed by atoms with Crippen molar-refractivity contribution in [3.63, 3.8) is 0 Å². The highest BCUT2D eigenvalue weighted by Crippen LogP contribution is 2.22. The van der Waals surface area contributed by atoms with E-state index < -0.39 is 0 Å². The van der Waals surface area contributed by atoms with Crippen molar-refractivity contribution in [2.24, 2.45) is 0 Å². The normalized spacial score (nSPS) is 19.8. The van der Waals surface area contributed by atoms with Crippen LogP contribution in [0.1, 0.15) is 41.3 Å². The van der Waals surface area contributed by atoms with Crippen molar-refractivity contribution in [2.45, 2.75) is 45.2 Å². The van der Waals surface area contributed by atoms with Crippen LogP contribution in [0.5, 0.6) is 0 Å². The minimum Gasteiger partial charge on any atom is -0.347 e. The predicted octanol–water partition coefficient (Wildman–Crippen LogP) is 1.46. The largest absolute Gasteiger partial charge is 0.347 e. The first kappa shape index (κ1) is 15.8. The molecule has 0 saturated carbocycles. The molecule has 1 atom stereocenters. The van der Waals surface area contributed by atoms with E-state index in [4.69, 9.17) is 0 Å². The van der Waals surface area contributed by atoms with Gasteiger partial charge in [0.05, 0.1) is 0 Å². The molecule has 0 aliphatic carbocycles. The Morgan fingerprint density at radius 2 is 2.16 bits per heavy atom. The molecule has 2 aliphatic rings. The maximum absolute atomic E-state index is 12.6. The topological polar surface area (TPSA) is 80.1 Å². The summed E-state index contributed by atoms with van der Waals surface area (Å²) < 4.78 is 2.06. The molecule has 7 nitrogen and oxygen atoms in total. The number of hydrogen-bond acceptors (Lipinski definition) is 4. The molecule has 1 aromatic heterocycles. The van der Waals surface area contributed by atoms with Crippen molar-refractivity contribution >= 4 is 17.5 Å². The third-order valence-electron chi connectivity index (χ3n) is 4.96. The van der Waals surface area contributed by atoms with Gasteiger partial charge in [-0.1, -0.05) is 6.07 Å². The molecule has 1 fully saturated rings. The van der Waals surface area contributed by atoms with E-state index in [0.29, 0.717) is 18.5 Å². The summed E-state index contributed by atoms with van der Waals surface area (Å²) in [6.45, 7) is 3.35. The molecule has 1 saturated heterocycles.